The number of nitrogens with one attached hydrogen (secondary N) is 1. The third-order valence-electron chi connectivity index (χ3n) is 3.20. The van der Waals surface area contributed by atoms with Crippen LogP contribution in [0.4, 0.5) is 0 Å². The van der Waals surface area contributed by atoms with Crippen molar-refractivity contribution in [3.63, 3.8) is 0 Å². The maximum absolute atomic E-state index is 6.15. The van der Waals surface area contributed by atoms with Crippen LogP contribution in [0, 0.1) is 0 Å². The van der Waals surface area contributed by atoms with Gasteiger partial charge in [0.15, 0.2) is 0 Å². The first-order valence-electron chi connectivity index (χ1n) is 7.02. The van der Waals surface area contributed by atoms with Gasteiger partial charge in [-0.1, -0.05) is 71.2 Å². The van der Waals surface area contributed by atoms with Gasteiger partial charge in [-0.25, -0.2) is 0 Å². The molecule has 2 rings (SSSR count). The zero-order chi connectivity index (χ0) is 15.1. The molecular formula is C18H19Cl2N. The molecule has 0 saturated heterocycles. The molecule has 110 valence electrons. The quantitative estimate of drug-likeness (QED) is 0.719. The Hall–Kier alpha value is -1.28. The normalized spacial score (nSPS) is 11.7. The summed E-state index contributed by atoms with van der Waals surface area (Å²) < 4.78 is 0. The summed E-state index contributed by atoms with van der Waals surface area (Å²) in [5.41, 5.74) is 3.67. The SMILES string of the molecule is C/C(=C\c1ccccc1)CNCCc1ccc(Cl)cc1Cl. The fraction of sp³-hybridized carbons (Fsp3) is 0.222. The molecule has 0 unspecified atom stereocenters. The largest absolute Gasteiger partial charge is 0.313 e. The molecule has 0 amide bonds. The molecule has 0 spiro atoms. The maximum Gasteiger partial charge on any atom is 0.0453 e. The second-order valence-electron chi connectivity index (χ2n) is 5.06. The van der Waals surface area contributed by atoms with Crippen molar-refractivity contribution >= 4 is 29.3 Å². The monoisotopic (exact) mass is 319 g/mol. The summed E-state index contributed by atoms with van der Waals surface area (Å²) in [5.74, 6) is 0. The number of benzene rings is 2. The standard InChI is InChI=1S/C18H19Cl2N/c1-14(11-15-5-3-2-4-6-15)13-21-10-9-16-7-8-17(19)12-18(16)20/h2-8,11-12,21H,9-10,13H2,1H3/b14-11+. The Morgan fingerprint density at radius 3 is 2.57 bits per heavy atom. The molecule has 0 fully saturated rings. The van der Waals surface area contributed by atoms with Crippen LogP contribution in [0.3, 0.4) is 0 Å². The van der Waals surface area contributed by atoms with Crippen LogP contribution < -0.4 is 5.32 Å². The third-order valence-corrected chi connectivity index (χ3v) is 3.79. The van der Waals surface area contributed by atoms with E-state index in [2.05, 4.69) is 42.6 Å². The molecule has 2 aromatic rings. The van der Waals surface area contributed by atoms with E-state index in [0.29, 0.717) is 5.02 Å². The minimum absolute atomic E-state index is 0.679. The summed E-state index contributed by atoms with van der Waals surface area (Å²) in [7, 11) is 0. The van der Waals surface area contributed by atoms with Gasteiger partial charge in [0.25, 0.3) is 0 Å². The van der Waals surface area contributed by atoms with E-state index in [4.69, 9.17) is 23.2 Å². The van der Waals surface area contributed by atoms with Gasteiger partial charge in [0.2, 0.25) is 0 Å². The second-order valence-corrected chi connectivity index (χ2v) is 5.91. The minimum atomic E-state index is 0.679. The average Bonchev–Trinajstić information content (AvgIpc) is 2.46. The van der Waals surface area contributed by atoms with E-state index in [1.54, 1.807) is 6.07 Å². The lowest BCUT2D eigenvalue weighted by Crippen LogP contribution is -2.19. The van der Waals surface area contributed by atoms with Crippen molar-refractivity contribution < 1.29 is 0 Å². The molecule has 0 aliphatic rings. The lowest BCUT2D eigenvalue weighted by molar-refractivity contribution is 0.729. The topological polar surface area (TPSA) is 12.0 Å². The van der Waals surface area contributed by atoms with E-state index < -0.39 is 0 Å². The highest BCUT2D eigenvalue weighted by molar-refractivity contribution is 6.35. The fourth-order valence-corrected chi connectivity index (χ4v) is 2.62. The predicted octanol–water partition coefficient (Wildman–Crippen LogP) is 5.23. The average molecular weight is 320 g/mol. The first-order chi connectivity index (χ1) is 10.1. The van der Waals surface area contributed by atoms with Crippen LogP contribution >= 0.6 is 23.2 Å². The van der Waals surface area contributed by atoms with Crippen molar-refractivity contribution in [3.8, 4) is 0 Å². The van der Waals surface area contributed by atoms with Gasteiger partial charge < -0.3 is 5.32 Å². The van der Waals surface area contributed by atoms with Crippen molar-refractivity contribution in [2.75, 3.05) is 13.1 Å². The van der Waals surface area contributed by atoms with Crippen LogP contribution in [0.15, 0.2) is 54.1 Å². The lowest BCUT2D eigenvalue weighted by Gasteiger charge is -2.07. The highest BCUT2D eigenvalue weighted by Crippen LogP contribution is 2.21. The van der Waals surface area contributed by atoms with Crippen molar-refractivity contribution in [1.82, 2.24) is 5.32 Å². The lowest BCUT2D eigenvalue weighted by atomic mass is 10.1. The summed E-state index contributed by atoms with van der Waals surface area (Å²) >= 11 is 12.0. The van der Waals surface area contributed by atoms with Crippen molar-refractivity contribution in [2.45, 2.75) is 13.3 Å². The van der Waals surface area contributed by atoms with E-state index in [-0.39, 0.29) is 0 Å². The zero-order valence-corrected chi connectivity index (χ0v) is 13.6. The molecule has 21 heavy (non-hydrogen) atoms. The van der Waals surface area contributed by atoms with Gasteiger partial charge in [0.05, 0.1) is 0 Å². The summed E-state index contributed by atoms with van der Waals surface area (Å²) in [6.45, 7) is 3.90. The van der Waals surface area contributed by atoms with E-state index >= 15 is 0 Å². The van der Waals surface area contributed by atoms with E-state index in [9.17, 15) is 0 Å². The maximum atomic E-state index is 6.15. The van der Waals surface area contributed by atoms with Gasteiger partial charge in [-0.15, -0.1) is 0 Å². The Balaban J connectivity index is 1.78. The molecule has 3 heteroatoms. The number of hydrogen-bond acceptors (Lipinski definition) is 1. The van der Waals surface area contributed by atoms with Crippen LogP contribution in [0.5, 0.6) is 0 Å². The van der Waals surface area contributed by atoms with E-state index in [1.807, 2.05) is 18.2 Å². The van der Waals surface area contributed by atoms with E-state index in [1.165, 1.54) is 11.1 Å². The molecule has 0 aromatic heterocycles. The summed E-state index contributed by atoms with van der Waals surface area (Å²) in [5, 5.41) is 4.85. The Morgan fingerprint density at radius 1 is 1.10 bits per heavy atom. The Bertz CT molecular complexity index is 606. The van der Waals surface area contributed by atoms with Gasteiger partial charge in [-0.05, 0) is 43.1 Å². The van der Waals surface area contributed by atoms with Crippen LogP contribution in [0.1, 0.15) is 18.1 Å². The Kier molecular flexibility index (Phi) is 6.31. The van der Waals surface area contributed by atoms with Crippen molar-refractivity contribution in [3.05, 3.63) is 75.3 Å². The highest BCUT2D eigenvalue weighted by Gasteiger charge is 2.01. The van der Waals surface area contributed by atoms with Crippen molar-refractivity contribution in [2.24, 2.45) is 0 Å². The second kappa shape index (κ2) is 8.23. The molecule has 1 nitrogen and oxygen atoms in total. The minimum Gasteiger partial charge on any atom is -0.313 e. The summed E-state index contributed by atoms with van der Waals surface area (Å²) in [4.78, 5) is 0. The van der Waals surface area contributed by atoms with Crippen LogP contribution in [-0.2, 0) is 6.42 Å². The van der Waals surface area contributed by atoms with Gasteiger partial charge in [-0.3, -0.25) is 0 Å². The van der Waals surface area contributed by atoms with Gasteiger partial charge in [-0.2, -0.15) is 0 Å². The smallest absolute Gasteiger partial charge is 0.0453 e. The van der Waals surface area contributed by atoms with Crippen LogP contribution in [0.25, 0.3) is 6.08 Å². The number of halogens is 2. The molecule has 2 aromatic carbocycles. The predicted molar refractivity (Wildman–Crippen MR) is 93.1 cm³/mol. The van der Waals surface area contributed by atoms with Gasteiger partial charge in [0.1, 0.15) is 0 Å². The molecule has 0 bridgehead atoms. The molecule has 0 atom stereocenters. The third kappa shape index (κ3) is 5.55. The Morgan fingerprint density at radius 2 is 1.86 bits per heavy atom. The molecule has 0 radical (unpaired) electrons. The summed E-state index contributed by atoms with van der Waals surface area (Å²) in [6.07, 6.45) is 3.09. The first kappa shape index (κ1) is 16.1. The zero-order valence-electron chi connectivity index (χ0n) is 12.1. The van der Waals surface area contributed by atoms with E-state index in [0.717, 1.165) is 30.1 Å². The van der Waals surface area contributed by atoms with Crippen LogP contribution in [-0.4, -0.2) is 13.1 Å². The highest BCUT2D eigenvalue weighted by atomic mass is 35.5. The molecule has 0 aliphatic carbocycles. The number of hydrogen-bond donors (Lipinski definition) is 1. The molecule has 0 heterocycles. The number of rotatable bonds is 6. The molecular weight excluding hydrogens is 301 g/mol. The van der Waals surface area contributed by atoms with Gasteiger partial charge >= 0.3 is 0 Å². The molecule has 0 saturated carbocycles. The fourth-order valence-electron chi connectivity index (χ4n) is 2.12. The van der Waals surface area contributed by atoms with Crippen LogP contribution in [0.2, 0.25) is 10.0 Å². The summed E-state index contributed by atoms with van der Waals surface area (Å²) in [6, 6.07) is 16.0. The molecule has 0 aliphatic heterocycles. The van der Waals surface area contributed by atoms with Gasteiger partial charge in [0, 0.05) is 16.6 Å². The first-order valence-corrected chi connectivity index (χ1v) is 7.77. The Labute approximate surface area is 136 Å². The van der Waals surface area contributed by atoms with Crippen molar-refractivity contribution in [1.29, 1.82) is 0 Å². The molecule has 1 N–H and O–H groups in total.